The molecule has 2 aromatic rings. The third-order valence-electron chi connectivity index (χ3n) is 3.87. The minimum absolute atomic E-state index is 0.256. The predicted molar refractivity (Wildman–Crippen MR) is 87.8 cm³/mol. The monoisotopic (exact) mass is 332 g/mol. The molecule has 2 amide bonds. The quantitative estimate of drug-likeness (QED) is 0.872. The molecule has 8 nitrogen and oxygen atoms in total. The molecular formula is C16H20N4O4. The maximum absolute atomic E-state index is 12.1. The average molecular weight is 332 g/mol. The van der Waals surface area contributed by atoms with Crippen molar-refractivity contribution in [2.75, 3.05) is 25.8 Å². The second-order valence-corrected chi connectivity index (χ2v) is 5.41. The van der Waals surface area contributed by atoms with Gasteiger partial charge in [-0.05, 0) is 31.0 Å². The van der Waals surface area contributed by atoms with E-state index >= 15 is 0 Å². The number of nitrogens with one attached hydrogen (secondary N) is 2. The SMILES string of the molecule is COc1nn(C)c(C)c1NC(=O)NCCc1ccc2c(c1)OCO2. The summed E-state index contributed by atoms with van der Waals surface area (Å²) in [4.78, 5) is 12.1. The second-order valence-electron chi connectivity index (χ2n) is 5.41. The number of aromatic nitrogens is 2. The van der Waals surface area contributed by atoms with E-state index in [9.17, 15) is 4.79 Å². The number of urea groups is 1. The number of carbonyl (C=O) groups is 1. The molecule has 0 aliphatic carbocycles. The fourth-order valence-electron chi connectivity index (χ4n) is 2.44. The first-order chi connectivity index (χ1) is 11.6. The van der Waals surface area contributed by atoms with Crippen LogP contribution in [0.3, 0.4) is 0 Å². The van der Waals surface area contributed by atoms with Crippen LogP contribution < -0.4 is 24.8 Å². The van der Waals surface area contributed by atoms with Gasteiger partial charge in [0.2, 0.25) is 6.79 Å². The van der Waals surface area contributed by atoms with Gasteiger partial charge >= 0.3 is 6.03 Å². The smallest absolute Gasteiger partial charge is 0.319 e. The molecule has 0 fully saturated rings. The van der Waals surface area contributed by atoms with E-state index in [4.69, 9.17) is 14.2 Å². The van der Waals surface area contributed by atoms with Crippen LogP contribution in [0.15, 0.2) is 18.2 Å². The summed E-state index contributed by atoms with van der Waals surface area (Å²) >= 11 is 0. The Kier molecular flexibility index (Phi) is 4.45. The Balaban J connectivity index is 1.53. The number of hydrogen-bond acceptors (Lipinski definition) is 5. The van der Waals surface area contributed by atoms with Crippen molar-refractivity contribution in [3.05, 3.63) is 29.5 Å². The molecule has 0 saturated carbocycles. The van der Waals surface area contributed by atoms with Crippen molar-refractivity contribution in [1.29, 1.82) is 0 Å². The first-order valence-electron chi connectivity index (χ1n) is 7.59. The summed E-state index contributed by atoms with van der Waals surface area (Å²) in [5.74, 6) is 1.89. The van der Waals surface area contributed by atoms with Gasteiger partial charge < -0.3 is 24.8 Å². The molecule has 0 saturated heterocycles. The molecule has 24 heavy (non-hydrogen) atoms. The van der Waals surface area contributed by atoms with Crippen LogP contribution >= 0.6 is 0 Å². The Morgan fingerprint density at radius 1 is 1.38 bits per heavy atom. The Bertz CT molecular complexity index is 757. The Morgan fingerprint density at radius 2 is 2.17 bits per heavy atom. The highest BCUT2D eigenvalue weighted by atomic mass is 16.7. The van der Waals surface area contributed by atoms with Gasteiger partial charge in [-0.2, -0.15) is 0 Å². The van der Waals surface area contributed by atoms with Crippen molar-refractivity contribution in [3.63, 3.8) is 0 Å². The van der Waals surface area contributed by atoms with Gasteiger partial charge in [0.15, 0.2) is 11.5 Å². The molecule has 0 radical (unpaired) electrons. The van der Waals surface area contributed by atoms with E-state index in [2.05, 4.69) is 15.7 Å². The van der Waals surface area contributed by atoms with E-state index in [1.165, 1.54) is 7.11 Å². The summed E-state index contributed by atoms with van der Waals surface area (Å²) < 4.78 is 17.4. The lowest BCUT2D eigenvalue weighted by molar-refractivity contribution is 0.174. The van der Waals surface area contributed by atoms with Crippen LogP contribution in [0.2, 0.25) is 0 Å². The third-order valence-corrected chi connectivity index (χ3v) is 3.87. The van der Waals surface area contributed by atoms with Gasteiger partial charge in [-0.25, -0.2) is 4.79 Å². The predicted octanol–water partition coefficient (Wildman–Crippen LogP) is 1.83. The molecule has 1 aliphatic heterocycles. The van der Waals surface area contributed by atoms with E-state index in [1.54, 1.807) is 11.7 Å². The van der Waals surface area contributed by atoms with E-state index in [-0.39, 0.29) is 12.8 Å². The number of methoxy groups -OCH3 is 1. The van der Waals surface area contributed by atoms with Crippen LogP contribution in [0.5, 0.6) is 17.4 Å². The Morgan fingerprint density at radius 3 is 2.96 bits per heavy atom. The summed E-state index contributed by atoms with van der Waals surface area (Å²) in [6, 6.07) is 5.46. The number of ether oxygens (including phenoxy) is 3. The molecule has 3 rings (SSSR count). The van der Waals surface area contributed by atoms with Gasteiger partial charge in [0.1, 0.15) is 5.69 Å². The highest BCUT2D eigenvalue weighted by Gasteiger charge is 2.16. The maximum atomic E-state index is 12.1. The number of aryl methyl sites for hydroxylation is 1. The van der Waals surface area contributed by atoms with Crippen LogP contribution in [0, 0.1) is 6.92 Å². The van der Waals surface area contributed by atoms with E-state index in [1.807, 2.05) is 25.1 Å². The zero-order chi connectivity index (χ0) is 17.1. The zero-order valence-corrected chi connectivity index (χ0v) is 13.9. The van der Waals surface area contributed by atoms with Crippen molar-refractivity contribution in [2.24, 2.45) is 7.05 Å². The van der Waals surface area contributed by atoms with Gasteiger partial charge in [0.05, 0.1) is 12.8 Å². The fourth-order valence-corrected chi connectivity index (χ4v) is 2.44. The lowest BCUT2D eigenvalue weighted by Crippen LogP contribution is -2.30. The summed E-state index contributed by atoms with van der Waals surface area (Å²) in [5, 5.41) is 9.76. The molecule has 1 aromatic carbocycles. The minimum Gasteiger partial charge on any atom is -0.478 e. The number of carbonyl (C=O) groups excluding carboxylic acids is 1. The molecule has 0 unspecified atom stereocenters. The van der Waals surface area contributed by atoms with Crippen molar-refractivity contribution in [2.45, 2.75) is 13.3 Å². The van der Waals surface area contributed by atoms with Crippen LogP contribution in [0.25, 0.3) is 0 Å². The largest absolute Gasteiger partial charge is 0.478 e. The number of fused-ring (bicyclic) bond motifs is 1. The highest BCUT2D eigenvalue weighted by molar-refractivity contribution is 5.91. The van der Waals surface area contributed by atoms with Gasteiger partial charge in [0.25, 0.3) is 5.88 Å². The highest BCUT2D eigenvalue weighted by Crippen LogP contribution is 2.32. The zero-order valence-electron chi connectivity index (χ0n) is 13.9. The normalized spacial score (nSPS) is 12.1. The Labute approximate surface area is 139 Å². The van der Waals surface area contributed by atoms with Crippen molar-refractivity contribution in [3.8, 4) is 17.4 Å². The average Bonchev–Trinajstić information content (AvgIpc) is 3.14. The van der Waals surface area contributed by atoms with Crippen LogP contribution in [-0.2, 0) is 13.5 Å². The summed E-state index contributed by atoms with van der Waals surface area (Å²) in [6.45, 7) is 2.61. The topological polar surface area (TPSA) is 86.6 Å². The Hall–Kier alpha value is -2.90. The first-order valence-corrected chi connectivity index (χ1v) is 7.59. The molecular weight excluding hydrogens is 312 g/mol. The number of anilines is 1. The van der Waals surface area contributed by atoms with E-state index in [0.717, 1.165) is 22.8 Å². The van der Waals surface area contributed by atoms with Crippen molar-refractivity contribution < 1.29 is 19.0 Å². The maximum Gasteiger partial charge on any atom is 0.319 e. The van der Waals surface area contributed by atoms with Gasteiger partial charge in [-0.3, -0.25) is 4.68 Å². The van der Waals surface area contributed by atoms with Gasteiger partial charge in [0, 0.05) is 13.6 Å². The molecule has 1 aliphatic rings. The second kappa shape index (κ2) is 6.69. The molecule has 0 atom stereocenters. The molecule has 8 heteroatoms. The van der Waals surface area contributed by atoms with Gasteiger partial charge in [-0.15, -0.1) is 5.10 Å². The molecule has 128 valence electrons. The number of hydrogen-bond donors (Lipinski definition) is 2. The first kappa shape index (κ1) is 16.0. The van der Waals surface area contributed by atoms with Crippen molar-refractivity contribution in [1.82, 2.24) is 15.1 Å². The van der Waals surface area contributed by atoms with Crippen LogP contribution in [-0.4, -0.2) is 36.3 Å². The molecule has 0 spiro atoms. The molecule has 2 heterocycles. The third kappa shape index (κ3) is 3.22. The van der Waals surface area contributed by atoms with E-state index in [0.29, 0.717) is 24.5 Å². The molecule has 2 N–H and O–H groups in total. The fraction of sp³-hybridized carbons (Fsp3) is 0.375. The summed E-state index contributed by atoms with van der Waals surface area (Å²) in [7, 11) is 3.31. The number of benzene rings is 1. The number of rotatable bonds is 5. The van der Waals surface area contributed by atoms with Crippen LogP contribution in [0.1, 0.15) is 11.3 Å². The summed E-state index contributed by atoms with van der Waals surface area (Å²) in [5.41, 5.74) is 2.45. The van der Waals surface area contributed by atoms with E-state index < -0.39 is 0 Å². The number of nitrogens with zero attached hydrogens (tertiary/aromatic N) is 2. The van der Waals surface area contributed by atoms with Crippen LogP contribution in [0.4, 0.5) is 10.5 Å². The number of amides is 2. The molecule has 1 aromatic heterocycles. The lowest BCUT2D eigenvalue weighted by Gasteiger charge is -2.08. The van der Waals surface area contributed by atoms with Gasteiger partial charge in [-0.1, -0.05) is 6.07 Å². The standard InChI is InChI=1S/C16H20N4O4/c1-10-14(15(22-3)19-20(10)2)18-16(21)17-7-6-11-4-5-12-13(8-11)24-9-23-12/h4-5,8H,6-7,9H2,1-3H3,(H2,17,18,21). The molecule has 0 bridgehead atoms. The van der Waals surface area contributed by atoms with Crippen molar-refractivity contribution >= 4 is 11.7 Å². The lowest BCUT2D eigenvalue weighted by atomic mass is 10.1. The summed E-state index contributed by atoms with van der Waals surface area (Å²) in [6.07, 6.45) is 0.688. The minimum atomic E-state index is -0.301.